The highest BCUT2D eigenvalue weighted by Gasteiger charge is 2.16. The Hall–Kier alpha value is -1.62. The summed E-state index contributed by atoms with van der Waals surface area (Å²) in [5, 5.41) is 2.96. The molecule has 0 spiro atoms. The topological polar surface area (TPSA) is 41.6 Å². The number of hydrogen-bond acceptors (Lipinski definition) is 3. The van der Waals surface area contributed by atoms with Gasteiger partial charge in [-0.3, -0.25) is 4.79 Å². The molecule has 1 aliphatic rings. The largest absolute Gasteiger partial charge is 0.484 e. The minimum Gasteiger partial charge on any atom is -0.484 e. The van der Waals surface area contributed by atoms with Crippen LogP contribution in [0.15, 0.2) is 18.2 Å². The van der Waals surface area contributed by atoms with E-state index in [0.29, 0.717) is 12.3 Å². The highest BCUT2D eigenvalue weighted by atomic mass is 19.1. The Morgan fingerprint density at radius 3 is 2.62 bits per heavy atom. The van der Waals surface area contributed by atoms with Gasteiger partial charge < -0.3 is 15.0 Å². The molecular formula is C16H23FN2O2. The summed E-state index contributed by atoms with van der Waals surface area (Å²) in [6, 6.07) is 4.53. The van der Waals surface area contributed by atoms with Gasteiger partial charge in [0.2, 0.25) is 0 Å². The van der Waals surface area contributed by atoms with E-state index in [-0.39, 0.29) is 18.3 Å². The Bertz CT molecular complexity index is 471. The lowest BCUT2D eigenvalue weighted by molar-refractivity contribution is -0.133. The van der Waals surface area contributed by atoms with Crippen LogP contribution in [0, 0.1) is 5.82 Å². The molecule has 1 saturated heterocycles. The van der Waals surface area contributed by atoms with Crippen LogP contribution in [0.3, 0.4) is 0 Å². The number of nitrogens with one attached hydrogen (secondary N) is 1. The van der Waals surface area contributed by atoms with Crippen molar-refractivity contribution in [2.75, 3.05) is 26.7 Å². The third-order valence-electron chi connectivity index (χ3n) is 3.63. The van der Waals surface area contributed by atoms with E-state index >= 15 is 0 Å². The van der Waals surface area contributed by atoms with Gasteiger partial charge in [0.15, 0.2) is 6.61 Å². The maximum atomic E-state index is 13.5. The monoisotopic (exact) mass is 294 g/mol. The van der Waals surface area contributed by atoms with E-state index in [1.54, 1.807) is 13.1 Å². The lowest BCUT2D eigenvalue weighted by atomic mass is 10.2. The van der Waals surface area contributed by atoms with Crippen LogP contribution in [0.2, 0.25) is 0 Å². The normalized spacial score (nSPS) is 15.6. The van der Waals surface area contributed by atoms with Gasteiger partial charge >= 0.3 is 0 Å². The summed E-state index contributed by atoms with van der Waals surface area (Å²) in [7, 11) is 1.80. The van der Waals surface area contributed by atoms with E-state index in [2.05, 4.69) is 5.32 Å². The molecule has 0 bridgehead atoms. The molecule has 1 N–H and O–H groups in total. The zero-order valence-electron chi connectivity index (χ0n) is 12.5. The molecule has 0 aromatic heterocycles. The highest BCUT2D eigenvalue weighted by molar-refractivity contribution is 5.77. The van der Waals surface area contributed by atoms with Crippen molar-refractivity contribution in [3.8, 4) is 5.75 Å². The molecule has 0 radical (unpaired) electrons. The van der Waals surface area contributed by atoms with E-state index < -0.39 is 0 Å². The van der Waals surface area contributed by atoms with E-state index in [4.69, 9.17) is 4.74 Å². The number of halogens is 1. The van der Waals surface area contributed by atoms with E-state index in [1.807, 2.05) is 4.90 Å². The molecule has 0 aliphatic carbocycles. The van der Waals surface area contributed by atoms with Crippen LogP contribution < -0.4 is 10.1 Å². The molecule has 5 heteroatoms. The van der Waals surface area contributed by atoms with Crippen LogP contribution in [0.5, 0.6) is 5.75 Å². The smallest absolute Gasteiger partial charge is 0.260 e. The molecule has 0 atom stereocenters. The number of benzene rings is 1. The van der Waals surface area contributed by atoms with Crippen molar-refractivity contribution in [3.63, 3.8) is 0 Å². The summed E-state index contributed by atoms with van der Waals surface area (Å²) in [5.74, 6) is 0.0414. The minimum atomic E-state index is -0.347. The summed E-state index contributed by atoms with van der Waals surface area (Å²) < 4.78 is 19.0. The van der Waals surface area contributed by atoms with Crippen LogP contribution in [0.4, 0.5) is 4.39 Å². The Morgan fingerprint density at radius 2 is 1.95 bits per heavy atom. The molecule has 1 amide bonds. The number of carbonyl (C=O) groups is 1. The first-order valence-electron chi connectivity index (χ1n) is 7.53. The number of ether oxygens (including phenoxy) is 1. The van der Waals surface area contributed by atoms with Crippen LogP contribution in [0.1, 0.15) is 31.2 Å². The Morgan fingerprint density at radius 1 is 1.24 bits per heavy atom. The molecule has 1 aromatic rings. The fraction of sp³-hybridized carbons (Fsp3) is 0.562. The van der Waals surface area contributed by atoms with Gasteiger partial charge in [-0.1, -0.05) is 12.8 Å². The van der Waals surface area contributed by atoms with Gasteiger partial charge in [-0.25, -0.2) is 4.39 Å². The third-order valence-corrected chi connectivity index (χ3v) is 3.63. The molecule has 1 heterocycles. The Labute approximate surface area is 125 Å². The lowest BCUT2D eigenvalue weighted by Crippen LogP contribution is -2.35. The minimum absolute atomic E-state index is 0.0173. The van der Waals surface area contributed by atoms with Crippen LogP contribution >= 0.6 is 0 Å². The Kier molecular flexibility index (Phi) is 5.99. The quantitative estimate of drug-likeness (QED) is 0.906. The number of likely N-dealkylation sites (tertiary alicyclic amines) is 1. The van der Waals surface area contributed by atoms with Gasteiger partial charge in [0.1, 0.15) is 11.6 Å². The molecule has 0 unspecified atom stereocenters. The molecular weight excluding hydrogens is 271 g/mol. The number of amides is 1. The average molecular weight is 294 g/mol. The van der Waals surface area contributed by atoms with Gasteiger partial charge in [-0.15, -0.1) is 0 Å². The third kappa shape index (κ3) is 5.01. The first-order valence-corrected chi connectivity index (χ1v) is 7.53. The molecule has 21 heavy (non-hydrogen) atoms. The molecule has 4 nitrogen and oxygen atoms in total. The number of hydrogen-bond donors (Lipinski definition) is 1. The maximum Gasteiger partial charge on any atom is 0.260 e. The molecule has 2 rings (SSSR count). The molecule has 1 aliphatic heterocycles. The second kappa shape index (κ2) is 7.98. The van der Waals surface area contributed by atoms with Gasteiger partial charge in [-0.05, 0) is 37.6 Å². The summed E-state index contributed by atoms with van der Waals surface area (Å²) in [6.45, 7) is 2.14. The van der Waals surface area contributed by atoms with Crippen molar-refractivity contribution >= 4 is 5.91 Å². The van der Waals surface area contributed by atoms with Crippen LogP contribution in [-0.4, -0.2) is 37.6 Å². The van der Waals surface area contributed by atoms with Gasteiger partial charge in [0.25, 0.3) is 5.91 Å². The van der Waals surface area contributed by atoms with Gasteiger partial charge in [0, 0.05) is 25.7 Å². The molecule has 1 fully saturated rings. The highest BCUT2D eigenvalue weighted by Crippen LogP contribution is 2.17. The fourth-order valence-electron chi connectivity index (χ4n) is 2.57. The molecule has 116 valence electrons. The van der Waals surface area contributed by atoms with E-state index in [0.717, 1.165) is 31.5 Å². The van der Waals surface area contributed by atoms with E-state index in [1.165, 1.54) is 25.0 Å². The average Bonchev–Trinajstić information content (AvgIpc) is 2.73. The van der Waals surface area contributed by atoms with Crippen molar-refractivity contribution in [1.82, 2.24) is 10.2 Å². The maximum absolute atomic E-state index is 13.5. The van der Waals surface area contributed by atoms with Crippen molar-refractivity contribution < 1.29 is 13.9 Å². The standard InChI is InChI=1S/C16H23FN2O2/c1-18-11-13-8-14(17)10-15(9-13)21-12-16(20)19-6-4-2-3-5-7-19/h8-10,18H,2-7,11-12H2,1H3. The van der Waals surface area contributed by atoms with Crippen molar-refractivity contribution in [3.05, 3.63) is 29.6 Å². The van der Waals surface area contributed by atoms with Crippen molar-refractivity contribution in [2.24, 2.45) is 0 Å². The van der Waals surface area contributed by atoms with Crippen LogP contribution in [0.25, 0.3) is 0 Å². The first kappa shape index (κ1) is 15.8. The zero-order chi connectivity index (χ0) is 15.1. The summed E-state index contributed by atoms with van der Waals surface area (Å²) in [6.07, 6.45) is 4.47. The number of carbonyl (C=O) groups excluding carboxylic acids is 1. The Balaban J connectivity index is 1.90. The van der Waals surface area contributed by atoms with E-state index in [9.17, 15) is 9.18 Å². The zero-order valence-corrected chi connectivity index (χ0v) is 12.5. The SMILES string of the molecule is CNCc1cc(F)cc(OCC(=O)N2CCCCCC2)c1. The van der Waals surface area contributed by atoms with Crippen LogP contribution in [-0.2, 0) is 11.3 Å². The predicted octanol–water partition coefficient (Wildman–Crippen LogP) is 2.33. The van der Waals surface area contributed by atoms with Crippen molar-refractivity contribution in [1.29, 1.82) is 0 Å². The fourth-order valence-corrected chi connectivity index (χ4v) is 2.57. The van der Waals surface area contributed by atoms with Crippen molar-refractivity contribution in [2.45, 2.75) is 32.2 Å². The lowest BCUT2D eigenvalue weighted by Gasteiger charge is -2.20. The molecule has 0 saturated carbocycles. The summed E-state index contributed by atoms with van der Waals surface area (Å²) in [5.41, 5.74) is 0.801. The summed E-state index contributed by atoms with van der Waals surface area (Å²) >= 11 is 0. The van der Waals surface area contributed by atoms with Gasteiger partial charge in [-0.2, -0.15) is 0 Å². The first-order chi connectivity index (χ1) is 10.2. The van der Waals surface area contributed by atoms with Gasteiger partial charge in [0.05, 0.1) is 0 Å². The second-order valence-corrected chi connectivity index (χ2v) is 5.41. The predicted molar refractivity (Wildman–Crippen MR) is 79.7 cm³/mol. The summed E-state index contributed by atoms with van der Waals surface area (Å²) in [4.78, 5) is 14.0. The number of nitrogens with zero attached hydrogens (tertiary/aromatic N) is 1. The number of rotatable bonds is 5. The second-order valence-electron chi connectivity index (χ2n) is 5.41. The molecule has 1 aromatic carbocycles.